The fourth-order valence-electron chi connectivity index (χ4n) is 8.58. The van der Waals surface area contributed by atoms with Crippen LogP contribution in [-0.4, -0.2) is 20.0 Å². The van der Waals surface area contributed by atoms with E-state index in [1.165, 1.54) is 65.1 Å². The second kappa shape index (κ2) is 14.8. The molecule has 67 heavy (non-hydrogen) atoms. The Labute approximate surface area is 367 Å². The summed E-state index contributed by atoms with van der Waals surface area (Å²) in [5.41, 5.74) is -4.28. The van der Waals surface area contributed by atoms with Crippen molar-refractivity contribution in [3.63, 3.8) is 0 Å². The van der Waals surface area contributed by atoms with Crippen molar-refractivity contribution < 1.29 is 57.6 Å². The van der Waals surface area contributed by atoms with Gasteiger partial charge in [0.25, 0.3) is 0 Å². The van der Waals surface area contributed by atoms with Crippen LogP contribution in [0.25, 0.3) is 39.1 Å². The van der Waals surface area contributed by atoms with Crippen molar-refractivity contribution in [1.82, 2.24) is 9.38 Å². The average molecular weight is 930 g/mol. The molecular formula is C48H23F12N5O2. The molecule has 0 saturated heterocycles. The minimum atomic E-state index is -4.79. The van der Waals surface area contributed by atoms with Crippen LogP contribution >= 0.6 is 0 Å². The molecule has 6 bridgehead atoms. The van der Waals surface area contributed by atoms with Gasteiger partial charge < -0.3 is 4.98 Å². The van der Waals surface area contributed by atoms with Gasteiger partial charge in [0.2, 0.25) is 0 Å². The van der Waals surface area contributed by atoms with E-state index in [4.69, 9.17) is 9.98 Å². The molecule has 336 valence electrons. The molecule has 0 spiro atoms. The summed E-state index contributed by atoms with van der Waals surface area (Å²) in [7, 11) is 0. The molecule has 1 N–H and O–H groups in total. The predicted molar refractivity (Wildman–Crippen MR) is 220 cm³/mol. The summed E-state index contributed by atoms with van der Waals surface area (Å²) in [4.78, 5) is 25.6. The summed E-state index contributed by atoms with van der Waals surface area (Å²) in [6.45, 7) is 0. The summed E-state index contributed by atoms with van der Waals surface area (Å²) in [5.74, 6) is 0. The molecule has 7 aromatic rings. The molecule has 0 unspecified atom stereocenters. The van der Waals surface area contributed by atoms with Gasteiger partial charge in [-0.05, 0) is 107 Å². The number of aromatic nitrogens is 2. The molecule has 3 aliphatic heterocycles. The number of aromatic amines is 1. The first-order valence-electron chi connectivity index (χ1n) is 19.7. The van der Waals surface area contributed by atoms with Crippen LogP contribution < -0.4 is 16.2 Å². The molecule has 7 nitrogen and oxygen atoms in total. The van der Waals surface area contributed by atoms with Gasteiger partial charge in [-0.15, -0.1) is 0 Å². The number of aliphatic imine (C=N–C) groups is 1. The first kappa shape index (κ1) is 43.0. The second-order valence-corrected chi connectivity index (χ2v) is 15.5. The zero-order valence-electron chi connectivity index (χ0n) is 33.3. The number of hydrogen-bond donors (Lipinski definition) is 1. The highest BCUT2D eigenvalue weighted by Crippen LogP contribution is 2.44. The predicted octanol–water partition coefficient (Wildman–Crippen LogP) is 11.2. The molecule has 19 heteroatoms. The van der Waals surface area contributed by atoms with E-state index in [0.717, 1.165) is 72.8 Å². The maximum Gasteiger partial charge on any atom is 0.416 e. The topological polar surface area (TPSA) is 88.1 Å². The number of nitro groups is 1. The Hall–Kier alpha value is -7.96. The molecule has 0 aliphatic carbocycles. The van der Waals surface area contributed by atoms with E-state index in [1.807, 2.05) is 0 Å². The Morgan fingerprint density at radius 1 is 0.478 bits per heavy atom. The number of halogens is 12. The molecule has 6 heterocycles. The summed E-state index contributed by atoms with van der Waals surface area (Å²) in [6, 6.07) is 21.4. The van der Waals surface area contributed by atoms with Crippen LogP contribution in [0.5, 0.6) is 0 Å². The third-order valence-electron chi connectivity index (χ3n) is 11.6. The van der Waals surface area contributed by atoms with Crippen LogP contribution in [0.15, 0.2) is 155 Å². The molecule has 0 radical (unpaired) electrons. The van der Waals surface area contributed by atoms with Crippen LogP contribution in [0.4, 0.5) is 52.7 Å². The van der Waals surface area contributed by atoms with Gasteiger partial charge in [0.05, 0.1) is 49.8 Å². The van der Waals surface area contributed by atoms with E-state index in [2.05, 4.69) is 4.98 Å². The SMILES string of the molecule is O=[N+]([O-])C1=C2N=c3c1c(-c1ccc(C(F)(F)F)cc1)c1ccc(n31)C(c1ccc(C(F)(F)F)cc1)=C1C=CC(=N1)C(c1ccc(C(F)(F)F)cc1)=c1ccc([nH]1)=C2c1ccc(C(F)(F)F)cc1. The largest absolute Gasteiger partial charge is 0.416 e. The summed E-state index contributed by atoms with van der Waals surface area (Å²) in [5, 5.41) is 13.8. The van der Waals surface area contributed by atoms with E-state index < -0.39 is 63.3 Å². The van der Waals surface area contributed by atoms with Gasteiger partial charge in [0.15, 0.2) is 11.2 Å². The van der Waals surface area contributed by atoms with Crippen molar-refractivity contribution >= 4 is 33.6 Å². The smallest absolute Gasteiger partial charge is 0.354 e. The summed E-state index contributed by atoms with van der Waals surface area (Å²) >= 11 is 0. The fraction of sp³-hybridized carbons (Fsp3) is 0.0833. The number of nitrogens with zero attached hydrogens (tertiary/aromatic N) is 4. The quantitative estimate of drug-likeness (QED) is 0.106. The Morgan fingerprint density at radius 2 is 0.910 bits per heavy atom. The molecule has 3 aliphatic rings. The van der Waals surface area contributed by atoms with Crippen molar-refractivity contribution in [3.05, 3.63) is 221 Å². The lowest BCUT2D eigenvalue weighted by Crippen LogP contribution is -2.20. The first-order chi connectivity index (χ1) is 31.6. The molecule has 0 saturated carbocycles. The zero-order valence-corrected chi connectivity index (χ0v) is 33.3. The summed E-state index contributed by atoms with van der Waals surface area (Å²) in [6.07, 6.45) is -16.0. The van der Waals surface area contributed by atoms with E-state index in [-0.39, 0.29) is 88.9 Å². The maximum atomic E-state index is 13.9. The van der Waals surface area contributed by atoms with Gasteiger partial charge in [0.1, 0.15) is 5.56 Å². The minimum absolute atomic E-state index is 0.0152. The van der Waals surface area contributed by atoms with Gasteiger partial charge in [0, 0.05) is 33.0 Å². The highest BCUT2D eigenvalue weighted by molar-refractivity contribution is 6.30. The van der Waals surface area contributed by atoms with Crippen molar-refractivity contribution in [2.24, 2.45) is 9.98 Å². The van der Waals surface area contributed by atoms with Gasteiger partial charge >= 0.3 is 30.4 Å². The van der Waals surface area contributed by atoms with Crippen LogP contribution in [0.1, 0.15) is 50.2 Å². The highest BCUT2D eigenvalue weighted by Gasteiger charge is 2.40. The molecular weight excluding hydrogens is 907 g/mol. The van der Waals surface area contributed by atoms with E-state index in [9.17, 15) is 62.8 Å². The molecule has 3 aromatic heterocycles. The van der Waals surface area contributed by atoms with E-state index in [0.29, 0.717) is 0 Å². The van der Waals surface area contributed by atoms with Crippen molar-refractivity contribution in [2.75, 3.05) is 0 Å². The Balaban J connectivity index is 1.37. The molecule has 0 atom stereocenters. The van der Waals surface area contributed by atoms with Crippen LogP contribution in [0.2, 0.25) is 0 Å². The minimum Gasteiger partial charge on any atom is -0.354 e. The van der Waals surface area contributed by atoms with Crippen molar-refractivity contribution in [1.29, 1.82) is 0 Å². The fourth-order valence-corrected chi connectivity index (χ4v) is 8.58. The van der Waals surface area contributed by atoms with Gasteiger partial charge in [-0.25, -0.2) is 9.98 Å². The zero-order chi connectivity index (χ0) is 47.5. The number of rotatable bonds is 5. The lowest BCUT2D eigenvalue weighted by Gasteiger charge is -2.13. The Morgan fingerprint density at radius 3 is 1.37 bits per heavy atom. The number of allylic oxidation sites excluding steroid dienone is 3. The maximum absolute atomic E-state index is 13.9. The third-order valence-corrected chi connectivity index (χ3v) is 11.6. The van der Waals surface area contributed by atoms with E-state index >= 15 is 0 Å². The number of benzene rings is 4. The number of hydrogen-bond acceptors (Lipinski definition) is 4. The Bertz CT molecular complexity index is 3550. The highest BCUT2D eigenvalue weighted by atomic mass is 19.4. The average Bonchev–Trinajstić information content (AvgIpc) is 4.11. The first-order valence-corrected chi connectivity index (χ1v) is 19.7. The standard InChI is InChI=1S/C48H23F12N5O2/c49-45(50,51)27-9-1-23(2-10-27)37-31-17-19-33(61-31)38(24-3-11-28(12-4-24)46(52,53)54)35-21-22-36-40(26-7-15-30(16-8-26)48(58,59)60)41-43(65(66)67)42(63-44(41)64(35)36)39(34-20-18-32(37)62-34)25-5-13-29(14-6-25)47(55,56)57/h1-22,62H. The van der Waals surface area contributed by atoms with Crippen LogP contribution in [0, 0.1) is 10.1 Å². The third kappa shape index (κ3) is 7.21. The normalized spacial score (nSPS) is 15.3. The monoisotopic (exact) mass is 929 g/mol. The number of fused-ring (bicyclic) bond motifs is 4. The van der Waals surface area contributed by atoms with Crippen molar-refractivity contribution in [3.8, 4) is 11.1 Å². The summed E-state index contributed by atoms with van der Waals surface area (Å²) < 4.78 is 168. The lowest BCUT2D eigenvalue weighted by atomic mass is 9.96. The molecule has 10 rings (SSSR count). The molecule has 0 amide bonds. The van der Waals surface area contributed by atoms with Crippen LogP contribution in [-0.2, 0) is 24.7 Å². The number of alkyl halides is 12. The molecule has 0 fully saturated rings. The number of nitrogens with one attached hydrogen (secondary N) is 1. The van der Waals surface area contributed by atoms with Gasteiger partial charge in [-0.3, -0.25) is 14.5 Å². The van der Waals surface area contributed by atoms with E-state index in [1.54, 1.807) is 0 Å². The second-order valence-electron chi connectivity index (χ2n) is 15.5. The molecule has 4 aromatic carbocycles. The van der Waals surface area contributed by atoms with Gasteiger partial charge in [-0.1, -0.05) is 48.5 Å². The number of H-pyrrole nitrogens is 1. The lowest BCUT2D eigenvalue weighted by molar-refractivity contribution is -0.375. The van der Waals surface area contributed by atoms with Crippen LogP contribution in [0.3, 0.4) is 0 Å². The Kier molecular flexibility index (Phi) is 9.48. The van der Waals surface area contributed by atoms with Gasteiger partial charge in [-0.2, -0.15) is 52.7 Å². The van der Waals surface area contributed by atoms with Crippen molar-refractivity contribution in [2.45, 2.75) is 24.7 Å².